The van der Waals surface area contributed by atoms with Crippen LogP contribution < -0.4 is 10.6 Å². The monoisotopic (exact) mass is 583 g/mol. The number of rotatable bonds is 10. The van der Waals surface area contributed by atoms with E-state index in [2.05, 4.69) is 15.5 Å². The Morgan fingerprint density at radius 2 is 1.59 bits per heavy atom. The fraction of sp³-hybridized carbons (Fsp3) is 0.375. The van der Waals surface area contributed by atoms with E-state index in [-0.39, 0.29) is 11.8 Å². The Morgan fingerprint density at radius 3 is 2.22 bits per heavy atom. The first-order chi connectivity index (χ1) is 19.7. The first-order valence-corrected chi connectivity index (χ1v) is 14.3. The highest BCUT2D eigenvalue weighted by molar-refractivity contribution is 6.30. The molecule has 41 heavy (non-hydrogen) atoms. The van der Waals surface area contributed by atoms with Crippen molar-refractivity contribution in [1.82, 2.24) is 15.5 Å². The van der Waals surface area contributed by atoms with Crippen LogP contribution in [0.25, 0.3) is 11.1 Å². The number of benzene rings is 3. The lowest BCUT2D eigenvalue weighted by Gasteiger charge is -2.36. The fourth-order valence-corrected chi connectivity index (χ4v) is 6.37. The number of Topliss-reactive ketones (excluding diaryl/α,β-unsaturated/α-hetero) is 1. The van der Waals surface area contributed by atoms with Crippen LogP contribution in [-0.2, 0) is 21.4 Å². The van der Waals surface area contributed by atoms with E-state index >= 15 is 0 Å². The Balaban J connectivity index is 1.31. The van der Waals surface area contributed by atoms with Gasteiger partial charge in [0.2, 0.25) is 5.91 Å². The molecule has 0 spiro atoms. The molecular weight excluding hydrogens is 551 g/mol. The minimum absolute atomic E-state index is 0.126. The van der Waals surface area contributed by atoms with Crippen LogP contribution in [0.15, 0.2) is 72.8 Å². The van der Waals surface area contributed by atoms with Gasteiger partial charge in [-0.3, -0.25) is 14.5 Å². The number of halogens is 4. The summed E-state index contributed by atoms with van der Waals surface area (Å²) in [5.41, 5.74) is 2.92. The maximum atomic E-state index is 13.7. The van der Waals surface area contributed by atoms with Crippen LogP contribution in [-0.4, -0.2) is 61.5 Å². The lowest BCUT2D eigenvalue weighted by molar-refractivity contribution is -0.141. The van der Waals surface area contributed by atoms with Gasteiger partial charge in [0.1, 0.15) is 12.0 Å². The molecule has 216 valence electrons. The number of piperazine rings is 1. The van der Waals surface area contributed by atoms with Gasteiger partial charge in [-0.1, -0.05) is 78.7 Å². The molecule has 3 aromatic rings. The molecule has 5 rings (SSSR count). The van der Waals surface area contributed by atoms with Crippen molar-refractivity contribution in [3.63, 3.8) is 0 Å². The van der Waals surface area contributed by atoms with E-state index in [4.69, 9.17) is 11.6 Å². The summed E-state index contributed by atoms with van der Waals surface area (Å²) in [6, 6.07) is 22.0. The summed E-state index contributed by atoms with van der Waals surface area (Å²) >= 11 is 5.98. The molecule has 2 N–H and O–H groups in total. The summed E-state index contributed by atoms with van der Waals surface area (Å²) in [6.45, 7) is 1.34. The molecule has 3 aromatic carbocycles. The summed E-state index contributed by atoms with van der Waals surface area (Å²) in [4.78, 5) is 29.1. The molecule has 1 heterocycles. The lowest BCUT2D eigenvalue weighted by atomic mass is 9.73. The Labute approximate surface area is 243 Å². The lowest BCUT2D eigenvalue weighted by Crippen LogP contribution is -2.55. The van der Waals surface area contributed by atoms with Gasteiger partial charge in [-0.05, 0) is 59.3 Å². The zero-order chi connectivity index (χ0) is 29.0. The number of unbranched alkanes of at least 4 members (excludes halogenated alkanes) is 1. The Bertz CT molecular complexity index is 1350. The van der Waals surface area contributed by atoms with Crippen LogP contribution in [0, 0.1) is 0 Å². The van der Waals surface area contributed by atoms with Gasteiger partial charge in [-0.2, -0.15) is 13.2 Å². The number of alkyl halides is 3. The predicted molar refractivity (Wildman–Crippen MR) is 154 cm³/mol. The molecule has 2 aliphatic rings. The minimum Gasteiger partial charge on any atom is -0.346 e. The van der Waals surface area contributed by atoms with E-state index in [1.54, 1.807) is 12.1 Å². The van der Waals surface area contributed by atoms with Crippen LogP contribution in [0.4, 0.5) is 13.2 Å². The van der Waals surface area contributed by atoms with Gasteiger partial charge in [0.05, 0.1) is 6.04 Å². The number of carbonyl (C=O) groups is 2. The molecule has 0 aromatic heterocycles. The fourth-order valence-electron chi connectivity index (χ4n) is 6.24. The summed E-state index contributed by atoms with van der Waals surface area (Å²) in [6.07, 6.45) is -2.53. The number of hydrogen-bond donors (Lipinski definition) is 2. The Kier molecular flexibility index (Phi) is 8.82. The predicted octanol–water partition coefficient (Wildman–Crippen LogP) is 5.54. The van der Waals surface area contributed by atoms with Crippen molar-refractivity contribution in [3.05, 3.63) is 94.5 Å². The van der Waals surface area contributed by atoms with Crippen molar-refractivity contribution >= 4 is 23.3 Å². The van der Waals surface area contributed by atoms with E-state index in [1.165, 1.54) is 0 Å². The molecule has 1 amide bonds. The van der Waals surface area contributed by atoms with Crippen LogP contribution in [0.2, 0.25) is 5.02 Å². The number of amides is 1. The Morgan fingerprint density at radius 1 is 0.951 bits per heavy atom. The van der Waals surface area contributed by atoms with Gasteiger partial charge in [0.25, 0.3) is 0 Å². The van der Waals surface area contributed by atoms with Crippen LogP contribution in [0.1, 0.15) is 36.0 Å². The maximum Gasteiger partial charge on any atom is 0.405 e. The number of nitrogens with zero attached hydrogens (tertiary/aromatic N) is 1. The topological polar surface area (TPSA) is 61.4 Å². The van der Waals surface area contributed by atoms with Gasteiger partial charge in [0.15, 0.2) is 5.78 Å². The largest absolute Gasteiger partial charge is 0.405 e. The average molecular weight is 584 g/mol. The van der Waals surface area contributed by atoms with Gasteiger partial charge in [-0.15, -0.1) is 0 Å². The zero-order valence-electron chi connectivity index (χ0n) is 22.6. The minimum atomic E-state index is -4.51. The smallest absolute Gasteiger partial charge is 0.346 e. The number of carbonyl (C=O) groups excluding carboxylic acids is 2. The van der Waals surface area contributed by atoms with E-state index in [0.29, 0.717) is 43.8 Å². The molecule has 1 atom stereocenters. The van der Waals surface area contributed by atoms with Gasteiger partial charge < -0.3 is 10.6 Å². The molecule has 0 saturated carbocycles. The van der Waals surface area contributed by atoms with Gasteiger partial charge in [0, 0.05) is 31.1 Å². The standard InChI is InChI=1S/C32H33ClF3N3O2/c33-23-13-11-22(12-14-23)19-29(40)28-20-37-16-18-39(28)17-6-5-15-31(30(41)38-21-32(34,35)36)26-9-3-1-7-24(26)25-8-2-4-10-27(25)31/h1-4,7-14,28,37H,5-6,15-21H2,(H,38,41). The number of fused-ring (bicyclic) bond motifs is 3. The second-order valence-electron chi connectivity index (χ2n) is 10.8. The van der Waals surface area contributed by atoms with Crippen molar-refractivity contribution in [2.75, 3.05) is 32.7 Å². The van der Waals surface area contributed by atoms with Crippen LogP contribution >= 0.6 is 11.6 Å². The third-order valence-corrected chi connectivity index (χ3v) is 8.42. The Hall–Kier alpha value is -3.20. The van der Waals surface area contributed by atoms with Gasteiger partial charge in [-0.25, -0.2) is 0 Å². The zero-order valence-corrected chi connectivity index (χ0v) is 23.4. The summed E-state index contributed by atoms with van der Waals surface area (Å²) < 4.78 is 39.4. The first kappa shape index (κ1) is 29.3. The highest BCUT2D eigenvalue weighted by Gasteiger charge is 2.49. The summed E-state index contributed by atoms with van der Waals surface area (Å²) in [7, 11) is 0. The molecule has 1 unspecified atom stereocenters. The highest BCUT2D eigenvalue weighted by atomic mass is 35.5. The van der Waals surface area contributed by atoms with E-state index < -0.39 is 24.0 Å². The van der Waals surface area contributed by atoms with E-state index in [0.717, 1.165) is 40.9 Å². The van der Waals surface area contributed by atoms with Crippen molar-refractivity contribution in [2.45, 2.75) is 43.3 Å². The SMILES string of the molecule is O=C(Cc1ccc(Cl)cc1)C1CNCCN1CCCCC1(C(=O)NCC(F)(F)F)c2ccccc2-c2ccccc21. The van der Waals surface area contributed by atoms with Crippen molar-refractivity contribution in [1.29, 1.82) is 0 Å². The molecule has 0 bridgehead atoms. The molecule has 0 radical (unpaired) electrons. The number of nitrogens with one attached hydrogen (secondary N) is 2. The second kappa shape index (κ2) is 12.3. The first-order valence-electron chi connectivity index (χ1n) is 14.0. The van der Waals surface area contributed by atoms with E-state index in [9.17, 15) is 22.8 Å². The molecule has 5 nitrogen and oxygen atoms in total. The van der Waals surface area contributed by atoms with E-state index in [1.807, 2.05) is 60.7 Å². The number of hydrogen-bond acceptors (Lipinski definition) is 4. The maximum absolute atomic E-state index is 13.7. The molecule has 1 saturated heterocycles. The second-order valence-corrected chi connectivity index (χ2v) is 11.2. The third-order valence-electron chi connectivity index (χ3n) is 8.17. The van der Waals surface area contributed by atoms with Crippen molar-refractivity contribution in [3.8, 4) is 11.1 Å². The van der Waals surface area contributed by atoms with Crippen LogP contribution in [0.5, 0.6) is 0 Å². The highest BCUT2D eigenvalue weighted by Crippen LogP contribution is 2.51. The normalized spacial score (nSPS) is 18.0. The van der Waals surface area contributed by atoms with Crippen LogP contribution in [0.3, 0.4) is 0 Å². The summed E-state index contributed by atoms with van der Waals surface area (Å²) in [5.74, 6) is -0.508. The molecule has 1 aliphatic carbocycles. The number of ketones is 1. The quantitative estimate of drug-likeness (QED) is 0.308. The molecule has 1 aliphatic heterocycles. The van der Waals surface area contributed by atoms with Crippen molar-refractivity contribution < 1.29 is 22.8 Å². The molecule has 1 fully saturated rings. The molecular formula is C32H33ClF3N3O2. The summed E-state index contributed by atoms with van der Waals surface area (Å²) in [5, 5.41) is 6.13. The average Bonchev–Trinajstić information content (AvgIpc) is 3.26. The van der Waals surface area contributed by atoms with Crippen molar-refractivity contribution in [2.24, 2.45) is 0 Å². The third kappa shape index (κ3) is 6.35. The van der Waals surface area contributed by atoms with Gasteiger partial charge >= 0.3 is 6.18 Å². The molecule has 9 heteroatoms.